The normalized spacial score (nSPS) is 24.1. The molecule has 27 heavy (non-hydrogen) atoms. The van der Waals surface area contributed by atoms with Crippen LogP contribution in [0.3, 0.4) is 0 Å². The lowest BCUT2D eigenvalue weighted by Gasteiger charge is -2.38. The molecule has 9 heteroatoms. The molecule has 0 aliphatic carbocycles. The lowest BCUT2D eigenvalue weighted by Crippen LogP contribution is -2.46. The quantitative estimate of drug-likeness (QED) is 0.561. The van der Waals surface area contributed by atoms with Crippen LogP contribution < -0.4 is 0 Å². The summed E-state index contributed by atoms with van der Waals surface area (Å²) in [5.41, 5.74) is 0.844. The van der Waals surface area contributed by atoms with Gasteiger partial charge in [0.2, 0.25) is 9.84 Å². The van der Waals surface area contributed by atoms with Crippen molar-refractivity contribution in [2.75, 3.05) is 19.0 Å². The van der Waals surface area contributed by atoms with Crippen molar-refractivity contribution in [2.45, 2.75) is 27.1 Å². The first kappa shape index (κ1) is 19.1. The van der Waals surface area contributed by atoms with E-state index in [0.29, 0.717) is 16.1 Å². The number of halogens is 4. The van der Waals surface area contributed by atoms with Gasteiger partial charge in [-0.05, 0) is 41.0 Å². The van der Waals surface area contributed by atoms with Crippen molar-refractivity contribution in [3.8, 4) is 0 Å². The molecule has 0 amide bonds. The van der Waals surface area contributed by atoms with Gasteiger partial charge >= 0.3 is 6.18 Å². The molecule has 0 radical (unpaired) electrons. The van der Waals surface area contributed by atoms with Crippen molar-refractivity contribution >= 4 is 33.2 Å². The Balaban J connectivity index is 1.87. The number of hydrogen-bond donors (Lipinski definition) is 0. The molecule has 2 aliphatic rings. The summed E-state index contributed by atoms with van der Waals surface area (Å²) >= 11 is 6.76. The SMILES string of the molecule is O=S1(=O)c2ccc(Cl)cc2Cc2cc(C3(C(F)(F)F)COCCS3)ccc21. The molecule has 2 aromatic carbocycles. The number of alkyl halides is 3. The molecule has 2 heterocycles. The summed E-state index contributed by atoms with van der Waals surface area (Å²) in [4.78, 5) is 0.188. The van der Waals surface area contributed by atoms with E-state index < -0.39 is 27.4 Å². The highest BCUT2D eigenvalue weighted by molar-refractivity contribution is 8.00. The Bertz CT molecular complexity index is 1010. The van der Waals surface area contributed by atoms with E-state index >= 15 is 0 Å². The van der Waals surface area contributed by atoms with Gasteiger partial charge in [0, 0.05) is 17.2 Å². The van der Waals surface area contributed by atoms with Crippen LogP contribution >= 0.6 is 23.4 Å². The second-order valence-electron chi connectivity index (χ2n) is 6.48. The van der Waals surface area contributed by atoms with Gasteiger partial charge in [-0.1, -0.05) is 23.7 Å². The first-order chi connectivity index (χ1) is 12.6. The molecule has 3 nitrogen and oxygen atoms in total. The Kier molecular flexibility index (Phi) is 4.53. The Morgan fingerprint density at radius 2 is 1.74 bits per heavy atom. The Hall–Kier alpha value is -1.22. The van der Waals surface area contributed by atoms with Crippen molar-refractivity contribution in [3.05, 3.63) is 58.1 Å². The van der Waals surface area contributed by atoms with Crippen molar-refractivity contribution in [2.24, 2.45) is 0 Å². The zero-order chi connectivity index (χ0) is 19.4. The van der Waals surface area contributed by atoms with E-state index in [1.807, 2.05) is 0 Å². The van der Waals surface area contributed by atoms with Gasteiger partial charge in [0.05, 0.1) is 23.0 Å². The van der Waals surface area contributed by atoms with E-state index in [-0.39, 0.29) is 34.1 Å². The minimum atomic E-state index is -4.53. The van der Waals surface area contributed by atoms with E-state index in [2.05, 4.69) is 0 Å². The maximum absolute atomic E-state index is 13.9. The third-order valence-electron chi connectivity index (χ3n) is 4.85. The summed E-state index contributed by atoms with van der Waals surface area (Å²) < 4.78 is 70.5. The van der Waals surface area contributed by atoms with Crippen LogP contribution in [0.25, 0.3) is 0 Å². The van der Waals surface area contributed by atoms with E-state index in [1.165, 1.54) is 30.3 Å². The molecule has 1 fully saturated rings. The first-order valence-corrected chi connectivity index (χ1v) is 11.0. The number of thioether (sulfide) groups is 1. The molecule has 2 aliphatic heterocycles. The molecule has 0 aromatic heterocycles. The van der Waals surface area contributed by atoms with Crippen LogP contribution in [0.2, 0.25) is 5.02 Å². The Labute approximate surface area is 163 Å². The third-order valence-corrected chi connectivity index (χ3v) is 8.49. The maximum atomic E-state index is 13.9. The van der Waals surface area contributed by atoms with Gasteiger partial charge < -0.3 is 4.74 Å². The summed E-state index contributed by atoms with van der Waals surface area (Å²) in [6, 6.07) is 8.36. The Morgan fingerprint density at radius 1 is 1.07 bits per heavy atom. The molecule has 1 saturated heterocycles. The smallest absolute Gasteiger partial charge is 0.378 e. The van der Waals surface area contributed by atoms with Crippen molar-refractivity contribution in [1.82, 2.24) is 0 Å². The fraction of sp³-hybridized carbons (Fsp3) is 0.333. The molecule has 1 unspecified atom stereocenters. The van der Waals surface area contributed by atoms with Crippen molar-refractivity contribution in [1.29, 1.82) is 0 Å². The summed E-state index contributed by atoms with van der Waals surface area (Å²) in [5.74, 6) is 0.216. The number of benzene rings is 2. The average Bonchev–Trinajstić information content (AvgIpc) is 2.60. The monoisotopic (exact) mass is 434 g/mol. The zero-order valence-electron chi connectivity index (χ0n) is 13.8. The predicted molar refractivity (Wildman–Crippen MR) is 97.2 cm³/mol. The highest BCUT2D eigenvalue weighted by Gasteiger charge is 2.58. The van der Waals surface area contributed by atoms with Gasteiger partial charge in [-0.3, -0.25) is 0 Å². The van der Waals surface area contributed by atoms with Gasteiger partial charge in [0.15, 0.2) is 4.75 Å². The number of fused-ring (bicyclic) bond motifs is 2. The number of sulfone groups is 1. The van der Waals surface area contributed by atoms with Crippen LogP contribution in [-0.2, 0) is 25.7 Å². The van der Waals surface area contributed by atoms with Crippen molar-refractivity contribution < 1.29 is 26.3 Å². The van der Waals surface area contributed by atoms with E-state index in [0.717, 1.165) is 11.8 Å². The number of rotatable bonds is 1. The molecular weight excluding hydrogens is 421 g/mol. The van der Waals surface area contributed by atoms with Gasteiger partial charge in [0.1, 0.15) is 0 Å². The maximum Gasteiger partial charge on any atom is 0.409 e. The van der Waals surface area contributed by atoms with Gasteiger partial charge in [-0.25, -0.2) is 8.42 Å². The van der Waals surface area contributed by atoms with Crippen LogP contribution in [-0.4, -0.2) is 33.6 Å². The van der Waals surface area contributed by atoms with Crippen LogP contribution in [0.4, 0.5) is 13.2 Å². The first-order valence-electron chi connectivity index (χ1n) is 8.10. The van der Waals surface area contributed by atoms with Crippen LogP contribution in [0.5, 0.6) is 0 Å². The second kappa shape index (κ2) is 6.40. The van der Waals surface area contributed by atoms with Gasteiger partial charge in [-0.15, -0.1) is 11.8 Å². The largest absolute Gasteiger partial charge is 0.409 e. The lowest BCUT2D eigenvalue weighted by molar-refractivity contribution is -0.177. The van der Waals surface area contributed by atoms with Gasteiger partial charge in [0.25, 0.3) is 0 Å². The summed E-state index contributed by atoms with van der Waals surface area (Å²) in [6.45, 7) is -0.233. The van der Waals surface area contributed by atoms with E-state index in [1.54, 1.807) is 6.07 Å². The minimum Gasteiger partial charge on any atom is -0.378 e. The Morgan fingerprint density at radius 3 is 2.37 bits per heavy atom. The fourth-order valence-corrected chi connectivity index (χ4v) is 6.58. The summed E-state index contributed by atoms with van der Waals surface area (Å²) in [5, 5.41) is 0.381. The van der Waals surface area contributed by atoms with Crippen LogP contribution in [0.1, 0.15) is 16.7 Å². The number of hydrogen-bond acceptors (Lipinski definition) is 4. The molecule has 4 rings (SSSR count). The zero-order valence-corrected chi connectivity index (χ0v) is 16.2. The molecule has 0 saturated carbocycles. The van der Waals surface area contributed by atoms with Crippen LogP contribution in [0.15, 0.2) is 46.2 Å². The molecule has 0 spiro atoms. The summed E-state index contributed by atoms with van der Waals surface area (Å²) in [6.07, 6.45) is -4.32. The van der Waals surface area contributed by atoms with E-state index in [9.17, 15) is 21.6 Å². The van der Waals surface area contributed by atoms with Crippen molar-refractivity contribution in [3.63, 3.8) is 0 Å². The molecule has 2 aromatic rings. The fourth-order valence-electron chi connectivity index (χ4n) is 3.53. The minimum absolute atomic E-state index is 0.0131. The molecular formula is C18H14ClF3O3S2. The standard InChI is InChI=1S/C18H14ClF3O3S2/c19-14-2-4-16-12(9-14)7-11-8-13(1-3-15(11)27(16,23)24)17(18(20,21)22)10-25-5-6-26-17/h1-4,8-9H,5-7,10H2. The van der Waals surface area contributed by atoms with E-state index in [4.69, 9.17) is 16.3 Å². The highest BCUT2D eigenvalue weighted by Crippen LogP contribution is 2.52. The lowest BCUT2D eigenvalue weighted by atomic mass is 9.93. The highest BCUT2D eigenvalue weighted by atomic mass is 35.5. The average molecular weight is 435 g/mol. The molecule has 0 bridgehead atoms. The third kappa shape index (κ3) is 2.97. The molecule has 1 atom stereocenters. The molecule has 144 valence electrons. The number of ether oxygens (including phenoxy) is 1. The predicted octanol–water partition coefficient (Wildman–Crippen LogP) is 4.60. The van der Waals surface area contributed by atoms with Gasteiger partial charge in [-0.2, -0.15) is 13.2 Å². The topological polar surface area (TPSA) is 43.4 Å². The molecule has 0 N–H and O–H groups in total. The summed E-state index contributed by atoms with van der Waals surface area (Å²) in [7, 11) is -3.80. The van der Waals surface area contributed by atoms with Crippen LogP contribution in [0, 0.1) is 0 Å². The second-order valence-corrected chi connectivity index (χ2v) is 10.2.